The summed E-state index contributed by atoms with van der Waals surface area (Å²) in [5, 5.41) is 49.0. The van der Waals surface area contributed by atoms with E-state index in [1.807, 2.05) is 0 Å². The number of halogens is 2. The number of nitrogens with zero attached hydrogens (tertiary/aromatic N) is 1. The van der Waals surface area contributed by atoms with Crippen molar-refractivity contribution in [3.63, 3.8) is 0 Å². The number of aliphatic hydroxyl groups excluding tert-OH is 4. The Morgan fingerprint density at radius 1 is 1.03 bits per heavy atom. The summed E-state index contributed by atoms with van der Waals surface area (Å²) >= 11 is 0. The predicted molar refractivity (Wildman–Crippen MR) is 99.8 cm³/mol. The highest BCUT2D eigenvalue weighted by molar-refractivity contribution is 5.44. The Kier molecular flexibility index (Phi) is 6.97. The minimum atomic E-state index is -2.92. The molecule has 4 N–H and O–H groups in total. The lowest BCUT2D eigenvalue weighted by atomic mass is 9.89. The third kappa shape index (κ3) is 4.75. The van der Waals surface area contributed by atoms with Crippen molar-refractivity contribution in [2.75, 3.05) is 6.61 Å². The molecule has 1 saturated heterocycles. The van der Waals surface area contributed by atoms with E-state index in [1.165, 1.54) is 12.1 Å². The van der Waals surface area contributed by atoms with Crippen LogP contribution in [0, 0.1) is 11.3 Å². The largest absolute Gasteiger partial charge is 0.435 e. The monoisotopic (exact) mass is 421 g/mol. The van der Waals surface area contributed by atoms with E-state index in [2.05, 4.69) is 10.8 Å². The van der Waals surface area contributed by atoms with Crippen molar-refractivity contribution in [3.05, 3.63) is 64.7 Å². The highest BCUT2D eigenvalue weighted by Gasteiger charge is 2.44. The Bertz CT molecular complexity index is 899. The molecule has 0 aromatic heterocycles. The maximum atomic E-state index is 12.3. The van der Waals surface area contributed by atoms with Crippen LogP contribution >= 0.6 is 0 Å². The lowest BCUT2D eigenvalue weighted by Crippen LogP contribution is -2.55. The molecule has 7 nitrogen and oxygen atoms in total. The summed E-state index contributed by atoms with van der Waals surface area (Å²) in [6.07, 6.45) is -6.18. The first-order valence-electron chi connectivity index (χ1n) is 9.21. The molecule has 0 amide bonds. The first-order valence-corrected chi connectivity index (χ1v) is 9.21. The summed E-state index contributed by atoms with van der Waals surface area (Å²) < 4.78 is 34.5. The maximum absolute atomic E-state index is 12.3. The van der Waals surface area contributed by atoms with Crippen molar-refractivity contribution in [1.29, 1.82) is 5.26 Å². The predicted octanol–water partition coefficient (Wildman–Crippen LogP) is 1.27. The van der Waals surface area contributed by atoms with Gasteiger partial charge in [-0.2, -0.15) is 14.0 Å². The van der Waals surface area contributed by atoms with Crippen molar-refractivity contribution in [3.8, 4) is 11.8 Å². The standard InChI is InChI=1S/C21H21F2NO6/c22-21(23)29-15-5-1-11(2-6-15)7-14-8-12(3-4-13(14)9-24)20-19(28)18(27)17(26)16(10-25)30-20/h1-6,8,16-21,25-28H,7,10H2/t16?,17-,18-,19-,20+/m1/s1. The van der Waals surface area contributed by atoms with Crippen LogP contribution < -0.4 is 4.74 Å². The zero-order chi connectivity index (χ0) is 21.8. The number of alkyl halides is 2. The van der Waals surface area contributed by atoms with Gasteiger partial charge in [0.15, 0.2) is 0 Å². The fraction of sp³-hybridized carbons (Fsp3) is 0.381. The van der Waals surface area contributed by atoms with E-state index >= 15 is 0 Å². The third-order valence-electron chi connectivity index (χ3n) is 5.01. The molecule has 1 fully saturated rings. The quantitative estimate of drug-likeness (QED) is 0.554. The number of hydrogen-bond acceptors (Lipinski definition) is 7. The first kappa shape index (κ1) is 22.1. The summed E-state index contributed by atoms with van der Waals surface area (Å²) in [6, 6.07) is 12.8. The smallest absolute Gasteiger partial charge is 0.387 e. The van der Waals surface area contributed by atoms with Crippen molar-refractivity contribution in [2.24, 2.45) is 0 Å². The van der Waals surface area contributed by atoms with Crippen molar-refractivity contribution >= 4 is 0 Å². The average molecular weight is 421 g/mol. The van der Waals surface area contributed by atoms with Crippen molar-refractivity contribution in [2.45, 2.75) is 43.6 Å². The molecule has 0 bridgehead atoms. The van der Waals surface area contributed by atoms with Gasteiger partial charge in [-0.25, -0.2) is 0 Å². The molecule has 1 aliphatic heterocycles. The Hall–Kier alpha value is -2.61. The van der Waals surface area contributed by atoms with Crippen molar-refractivity contribution < 1.29 is 38.7 Å². The number of hydrogen-bond donors (Lipinski definition) is 4. The minimum absolute atomic E-state index is 0.0179. The van der Waals surface area contributed by atoms with Gasteiger partial charge in [-0.05, 0) is 41.3 Å². The van der Waals surface area contributed by atoms with E-state index in [4.69, 9.17) is 4.74 Å². The third-order valence-corrected chi connectivity index (χ3v) is 5.01. The van der Waals surface area contributed by atoms with Gasteiger partial charge in [0.1, 0.15) is 36.3 Å². The van der Waals surface area contributed by atoms with E-state index in [1.54, 1.807) is 30.3 Å². The molecule has 5 atom stereocenters. The van der Waals surface area contributed by atoms with Gasteiger partial charge >= 0.3 is 6.61 Å². The number of aliphatic hydroxyl groups is 4. The van der Waals surface area contributed by atoms with Gasteiger partial charge in [-0.3, -0.25) is 0 Å². The Labute approximate surface area is 171 Å². The topological polar surface area (TPSA) is 123 Å². The van der Waals surface area contributed by atoms with E-state index in [-0.39, 0.29) is 5.75 Å². The molecule has 0 aliphatic carbocycles. The summed E-state index contributed by atoms with van der Waals surface area (Å²) in [5.41, 5.74) is 2.16. The second-order valence-corrected chi connectivity index (χ2v) is 6.98. The summed E-state index contributed by atoms with van der Waals surface area (Å²) in [4.78, 5) is 0. The van der Waals surface area contributed by atoms with Crippen LogP contribution in [0.3, 0.4) is 0 Å². The molecule has 2 aromatic rings. The van der Waals surface area contributed by atoms with Gasteiger partial charge in [-0.1, -0.05) is 24.3 Å². The number of rotatable bonds is 6. The van der Waals surface area contributed by atoms with Crippen LogP contribution in [-0.2, 0) is 11.2 Å². The van der Waals surface area contributed by atoms with Gasteiger partial charge in [0, 0.05) is 0 Å². The Morgan fingerprint density at radius 3 is 2.33 bits per heavy atom. The fourth-order valence-corrected chi connectivity index (χ4v) is 3.43. The molecule has 0 saturated carbocycles. The molecule has 160 valence electrons. The number of benzene rings is 2. The molecular formula is C21H21F2NO6. The highest BCUT2D eigenvalue weighted by Crippen LogP contribution is 2.33. The lowest BCUT2D eigenvalue weighted by Gasteiger charge is -2.40. The van der Waals surface area contributed by atoms with Gasteiger partial charge < -0.3 is 29.9 Å². The second kappa shape index (κ2) is 9.47. The number of ether oxygens (including phenoxy) is 2. The highest BCUT2D eigenvalue weighted by atomic mass is 19.3. The summed E-state index contributed by atoms with van der Waals surface area (Å²) in [7, 11) is 0. The number of nitriles is 1. The molecule has 30 heavy (non-hydrogen) atoms. The Balaban J connectivity index is 1.86. The molecule has 9 heteroatoms. The molecule has 1 heterocycles. The van der Waals surface area contributed by atoms with Crippen LogP contribution in [0.2, 0.25) is 0 Å². The maximum Gasteiger partial charge on any atom is 0.387 e. The molecule has 0 radical (unpaired) electrons. The van der Waals surface area contributed by atoms with Gasteiger partial charge in [-0.15, -0.1) is 0 Å². The van der Waals surface area contributed by atoms with E-state index in [0.717, 1.165) is 5.56 Å². The minimum Gasteiger partial charge on any atom is -0.435 e. The molecule has 2 aromatic carbocycles. The fourth-order valence-electron chi connectivity index (χ4n) is 3.43. The van der Waals surface area contributed by atoms with Crippen molar-refractivity contribution in [1.82, 2.24) is 0 Å². The van der Waals surface area contributed by atoms with Crippen LogP contribution in [0.25, 0.3) is 0 Å². The van der Waals surface area contributed by atoms with Gasteiger partial charge in [0.2, 0.25) is 0 Å². The zero-order valence-corrected chi connectivity index (χ0v) is 15.7. The summed E-state index contributed by atoms with van der Waals surface area (Å²) in [6.45, 7) is -3.46. The normalized spacial score (nSPS) is 26.4. The molecular weight excluding hydrogens is 400 g/mol. The zero-order valence-electron chi connectivity index (χ0n) is 15.7. The molecule has 1 unspecified atom stereocenters. The second-order valence-electron chi connectivity index (χ2n) is 6.98. The average Bonchev–Trinajstić information content (AvgIpc) is 2.73. The molecule has 3 rings (SSSR count). The van der Waals surface area contributed by atoms with E-state index < -0.39 is 43.7 Å². The van der Waals surface area contributed by atoms with E-state index in [9.17, 15) is 34.5 Å². The van der Waals surface area contributed by atoms with Gasteiger partial charge in [0.25, 0.3) is 0 Å². The molecule has 1 aliphatic rings. The van der Waals surface area contributed by atoms with E-state index in [0.29, 0.717) is 23.1 Å². The lowest BCUT2D eigenvalue weighted by molar-refractivity contribution is -0.231. The van der Waals surface area contributed by atoms with Crippen LogP contribution in [0.1, 0.15) is 28.4 Å². The van der Waals surface area contributed by atoms with Crippen LogP contribution in [0.5, 0.6) is 5.75 Å². The molecule has 0 spiro atoms. The van der Waals surface area contributed by atoms with Crippen LogP contribution in [0.15, 0.2) is 42.5 Å². The van der Waals surface area contributed by atoms with Gasteiger partial charge in [0.05, 0.1) is 18.2 Å². The van der Waals surface area contributed by atoms with Crippen LogP contribution in [-0.4, -0.2) is 58.1 Å². The summed E-state index contributed by atoms with van der Waals surface area (Å²) in [5.74, 6) is 0.0179. The first-order chi connectivity index (χ1) is 14.3. The SMILES string of the molecule is N#Cc1ccc([C@@H]2OC(CO)[C@@H](O)[C@@H](O)[C@H]2O)cc1Cc1ccc(OC(F)F)cc1. The van der Waals surface area contributed by atoms with Crippen LogP contribution in [0.4, 0.5) is 8.78 Å². The Morgan fingerprint density at radius 2 is 1.73 bits per heavy atom.